The number of anilines is 2. The number of nitrogens with one attached hydrogen (secondary N) is 1. The number of carbonyl (C=O) groups excluding carboxylic acids is 1. The number of aromatic nitrogens is 1. The lowest BCUT2D eigenvalue weighted by atomic mass is 9.95. The van der Waals surface area contributed by atoms with E-state index < -0.39 is 0 Å². The Labute approximate surface area is 118 Å². The molecule has 20 heavy (non-hydrogen) atoms. The number of hydrogen-bond acceptors (Lipinski definition) is 5. The molecule has 1 aromatic heterocycles. The van der Waals surface area contributed by atoms with Crippen molar-refractivity contribution in [2.75, 3.05) is 17.7 Å². The van der Waals surface area contributed by atoms with Gasteiger partial charge in [0.2, 0.25) is 0 Å². The molecule has 0 aromatic carbocycles. The van der Waals surface area contributed by atoms with Gasteiger partial charge in [0.15, 0.2) is 0 Å². The van der Waals surface area contributed by atoms with Crippen LogP contribution in [-0.2, 0) is 4.74 Å². The summed E-state index contributed by atoms with van der Waals surface area (Å²) in [6.45, 7) is 2.14. The van der Waals surface area contributed by atoms with E-state index in [0.717, 1.165) is 11.8 Å². The molecule has 2 bridgehead atoms. The van der Waals surface area contributed by atoms with Crippen LogP contribution in [0.15, 0.2) is 12.3 Å². The van der Waals surface area contributed by atoms with Crippen LogP contribution in [0, 0.1) is 11.8 Å². The van der Waals surface area contributed by atoms with Gasteiger partial charge in [-0.15, -0.1) is 0 Å². The number of nitrogen functional groups attached to an aromatic ring is 1. The van der Waals surface area contributed by atoms with Gasteiger partial charge in [0.1, 0.15) is 11.4 Å². The lowest BCUT2D eigenvalue weighted by Gasteiger charge is -2.24. The van der Waals surface area contributed by atoms with Gasteiger partial charge in [-0.3, -0.25) is 0 Å². The number of carbonyl (C=O) groups is 1. The van der Waals surface area contributed by atoms with E-state index in [4.69, 9.17) is 10.5 Å². The summed E-state index contributed by atoms with van der Waals surface area (Å²) in [5, 5.41) is 3.44. The number of ether oxygens (including phenoxy) is 1. The minimum Gasteiger partial charge on any atom is -0.462 e. The molecule has 2 fully saturated rings. The zero-order chi connectivity index (χ0) is 14.1. The number of nitrogens with zero attached hydrogens (tertiary/aromatic N) is 1. The van der Waals surface area contributed by atoms with Crippen LogP contribution in [0.3, 0.4) is 0 Å². The third-order valence-corrected chi connectivity index (χ3v) is 4.46. The molecule has 0 amide bonds. The maximum atomic E-state index is 12.0. The van der Waals surface area contributed by atoms with Gasteiger partial charge in [-0.2, -0.15) is 0 Å². The van der Waals surface area contributed by atoms with Gasteiger partial charge in [0, 0.05) is 6.04 Å². The summed E-state index contributed by atoms with van der Waals surface area (Å²) in [4.78, 5) is 16.3. The Hall–Kier alpha value is -1.78. The van der Waals surface area contributed by atoms with E-state index in [1.807, 2.05) is 0 Å². The normalized spacial score (nSPS) is 27.6. The Morgan fingerprint density at radius 3 is 3.00 bits per heavy atom. The van der Waals surface area contributed by atoms with Crippen molar-refractivity contribution in [3.63, 3.8) is 0 Å². The van der Waals surface area contributed by atoms with E-state index in [0.29, 0.717) is 29.7 Å². The molecule has 108 valence electrons. The predicted molar refractivity (Wildman–Crippen MR) is 77.5 cm³/mol. The molecular weight excluding hydrogens is 254 g/mol. The lowest BCUT2D eigenvalue weighted by Crippen LogP contribution is -2.27. The van der Waals surface area contributed by atoms with E-state index in [2.05, 4.69) is 10.3 Å². The standard InChI is InChI=1S/C15H21N3O2/c1-2-20-15(19)12-7-11(16)8-17-14(12)18-13-6-9-3-4-10(13)5-9/h7-10,13H,2-6,16H2,1H3,(H,17,18). The van der Waals surface area contributed by atoms with Crippen molar-refractivity contribution in [2.24, 2.45) is 11.8 Å². The zero-order valence-electron chi connectivity index (χ0n) is 11.8. The molecule has 1 aromatic rings. The molecule has 0 radical (unpaired) electrons. The van der Waals surface area contributed by atoms with Crippen molar-refractivity contribution < 1.29 is 9.53 Å². The minimum absolute atomic E-state index is 0.348. The first kappa shape index (κ1) is 13.2. The van der Waals surface area contributed by atoms with Crippen LogP contribution in [-0.4, -0.2) is 23.6 Å². The number of esters is 1. The summed E-state index contributed by atoms with van der Waals surface area (Å²) in [5.41, 5.74) is 6.65. The van der Waals surface area contributed by atoms with Crippen LogP contribution in [0.4, 0.5) is 11.5 Å². The third-order valence-electron chi connectivity index (χ3n) is 4.46. The Kier molecular flexibility index (Phi) is 3.51. The second-order valence-electron chi connectivity index (χ2n) is 5.81. The quantitative estimate of drug-likeness (QED) is 0.825. The molecule has 2 saturated carbocycles. The summed E-state index contributed by atoms with van der Waals surface area (Å²) in [7, 11) is 0. The Balaban J connectivity index is 1.80. The molecule has 0 aliphatic heterocycles. The van der Waals surface area contributed by atoms with Crippen LogP contribution >= 0.6 is 0 Å². The van der Waals surface area contributed by atoms with Crippen molar-refractivity contribution in [1.82, 2.24) is 4.98 Å². The van der Waals surface area contributed by atoms with Crippen molar-refractivity contribution in [3.8, 4) is 0 Å². The zero-order valence-corrected chi connectivity index (χ0v) is 11.8. The molecule has 0 spiro atoms. The molecule has 1 heterocycles. The van der Waals surface area contributed by atoms with Crippen LogP contribution in [0.2, 0.25) is 0 Å². The average molecular weight is 275 g/mol. The van der Waals surface area contributed by atoms with Gasteiger partial charge in [0.05, 0.1) is 18.5 Å². The van der Waals surface area contributed by atoms with Crippen molar-refractivity contribution in [1.29, 1.82) is 0 Å². The molecule has 3 N–H and O–H groups in total. The smallest absolute Gasteiger partial charge is 0.341 e. The molecule has 3 atom stereocenters. The first-order valence-electron chi connectivity index (χ1n) is 7.36. The fraction of sp³-hybridized carbons (Fsp3) is 0.600. The van der Waals surface area contributed by atoms with E-state index in [9.17, 15) is 4.79 Å². The molecule has 2 aliphatic rings. The van der Waals surface area contributed by atoms with Gasteiger partial charge in [-0.05, 0) is 44.1 Å². The van der Waals surface area contributed by atoms with Crippen molar-refractivity contribution in [2.45, 2.75) is 38.6 Å². The second-order valence-corrected chi connectivity index (χ2v) is 5.81. The number of fused-ring (bicyclic) bond motifs is 2. The summed E-state index contributed by atoms with van der Waals surface area (Å²) >= 11 is 0. The predicted octanol–water partition coefficient (Wildman–Crippen LogP) is 2.44. The number of hydrogen-bond donors (Lipinski definition) is 2. The number of pyridine rings is 1. The number of rotatable bonds is 4. The van der Waals surface area contributed by atoms with Gasteiger partial charge in [0.25, 0.3) is 0 Å². The van der Waals surface area contributed by atoms with Crippen molar-refractivity contribution >= 4 is 17.5 Å². The Bertz CT molecular complexity index is 518. The summed E-state index contributed by atoms with van der Waals surface area (Å²) in [6.07, 6.45) is 6.70. The molecule has 5 nitrogen and oxygen atoms in total. The summed E-state index contributed by atoms with van der Waals surface area (Å²) < 4.78 is 5.08. The molecular formula is C15H21N3O2. The monoisotopic (exact) mass is 275 g/mol. The highest BCUT2D eigenvalue weighted by atomic mass is 16.5. The lowest BCUT2D eigenvalue weighted by molar-refractivity contribution is 0.0527. The summed E-state index contributed by atoms with van der Waals surface area (Å²) in [5.74, 6) is 1.81. The average Bonchev–Trinajstić information content (AvgIpc) is 3.03. The maximum absolute atomic E-state index is 12.0. The summed E-state index contributed by atoms with van der Waals surface area (Å²) in [6, 6.07) is 2.07. The topological polar surface area (TPSA) is 77.2 Å². The van der Waals surface area contributed by atoms with Gasteiger partial charge >= 0.3 is 5.97 Å². The van der Waals surface area contributed by atoms with E-state index in [1.165, 1.54) is 25.7 Å². The van der Waals surface area contributed by atoms with E-state index >= 15 is 0 Å². The van der Waals surface area contributed by atoms with Gasteiger partial charge in [-0.25, -0.2) is 9.78 Å². The van der Waals surface area contributed by atoms with E-state index in [1.54, 1.807) is 19.2 Å². The SMILES string of the molecule is CCOC(=O)c1cc(N)cnc1NC1CC2CCC1C2. The Morgan fingerprint density at radius 1 is 1.50 bits per heavy atom. The van der Waals surface area contributed by atoms with Crippen molar-refractivity contribution in [3.05, 3.63) is 17.8 Å². The highest BCUT2D eigenvalue weighted by Gasteiger charge is 2.39. The molecule has 2 aliphatic carbocycles. The third kappa shape index (κ3) is 2.44. The first-order chi connectivity index (χ1) is 9.67. The number of nitrogens with two attached hydrogens (primary N) is 1. The first-order valence-corrected chi connectivity index (χ1v) is 7.36. The van der Waals surface area contributed by atoms with E-state index in [-0.39, 0.29) is 5.97 Å². The fourth-order valence-electron chi connectivity index (χ4n) is 3.56. The highest BCUT2D eigenvalue weighted by molar-refractivity contribution is 5.95. The van der Waals surface area contributed by atoms with Gasteiger partial charge < -0.3 is 15.8 Å². The Morgan fingerprint density at radius 2 is 2.35 bits per heavy atom. The van der Waals surface area contributed by atoms with Crippen LogP contribution in [0.25, 0.3) is 0 Å². The maximum Gasteiger partial charge on any atom is 0.341 e. The largest absolute Gasteiger partial charge is 0.462 e. The molecule has 3 rings (SSSR count). The van der Waals surface area contributed by atoms with Gasteiger partial charge in [-0.1, -0.05) is 6.42 Å². The molecule has 3 unspecified atom stereocenters. The fourth-order valence-corrected chi connectivity index (χ4v) is 3.56. The molecule has 5 heteroatoms. The minimum atomic E-state index is -0.363. The van der Waals surface area contributed by atoms with Crippen LogP contribution in [0.1, 0.15) is 43.0 Å². The second kappa shape index (κ2) is 5.31. The van der Waals surface area contributed by atoms with Crippen LogP contribution in [0.5, 0.6) is 0 Å². The molecule has 0 saturated heterocycles. The van der Waals surface area contributed by atoms with Crippen LogP contribution < -0.4 is 11.1 Å². The highest BCUT2D eigenvalue weighted by Crippen LogP contribution is 2.45.